The van der Waals surface area contributed by atoms with Crippen LogP contribution in [0.5, 0.6) is 0 Å². The number of carbonyl (C=O) groups excluding carboxylic acids is 3. The Morgan fingerprint density at radius 2 is 2.05 bits per heavy atom. The number of hydrogen-bond acceptors (Lipinski definition) is 5. The summed E-state index contributed by atoms with van der Waals surface area (Å²) in [4.78, 5) is 37.2. The summed E-state index contributed by atoms with van der Waals surface area (Å²) in [7, 11) is 3.74. The third-order valence-corrected chi connectivity index (χ3v) is 2.81. The molecule has 0 aliphatic heterocycles. The van der Waals surface area contributed by atoms with E-state index in [9.17, 15) is 14.4 Å². The lowest BCUT2D eigenvalue weighted by molar-refractivity contribution is -0.146. The van der Waals surface area contributed by atoms with Crippen molar-refractivity contribution in [1.29, 1.82) is 0 Å². The Balaban J connectivity index is 2.73. The minimum absolute atomic E-state index is 0.129. The normalized spacial score (nSPS) is 9.86. The largest absolute Gasteiger partial charge is 0.378 e. The Hall–Kier alpha value is -2.41. The van der Waals surface area contributed by atoms with Gasteiger partial charge in [-0.05, 0) is 31.2 Å². The second-order valence-corrected chi connectivity index (χ2v) is 4.65. The SMILES string of the molecule is CN(C)c1cccc(NC(=O)C(=O)N(C=O)CCCN)c1. The lowest BCUT2D eigenvalue weighted by Gasteiger charge is -2.16. The highest BCUT2D eigenvalue weighted by Crippen LogP contribution is 2.17. The van der Waals surface area contributed by atoms with E-state index in [0.717, 1.165) is 10.6 Å². The number of nitrogens with two attached hydrogens (primary N) is 1. The summed E-state index contributed by atoms with van der Waals surface area (Å²) in [6.07, 6.45) is 0.793. The number of imide groups is 1. The zero-order chi connectivity index (χ0) is 15.8. The number of carbonyl (C=O) groups is 3. The monoisotopic (exact) mass is 292 g/mol. The molecule has 3 N–H and O–H groups in total. The standard InChI is InChI=1S/C14H20N4O3/c1-17(2)12-6-3-5-11(9-12)16-13(20)14(21)18(10-19)8-4-7-15/h3,5-6,9-10H,4,7-8,15H2,1-2H3,(H,16,20). The summed E-state index contributed by atoms with van der Waals surface area (Å²) in [5.74, 6) is -1.75. The lowest BCUT2D eigenvalue weighted by Crippen LogP contribution is -2.39. The number of amides is 3. The molecule has 3 amide bonds. The van der Waals surface area contributed by atoms with Crippen LogP contribution >= 0.6 is 0 Å². The van der Waals surface area contributed by atoms with Gasteiger partial charge in [0.05, 0.1) is 0 Å². The van der Waals surface area contributed by atoms with Gasteiger partial charge in [-0.25, -0.2) is 0 Å². The molecule has 0 radical (unpaired) electrons. The first-order valence-electron chi connectivity index (χ1n) is 6.54. The number of hydrogen-bond donors (Lipinski definition) is 2. The first-order chi connectivity index (χ1) is 9.99. The maximum Gasteiger partial charge on any atom is 0.318 e. The van der Waals surface area contributed by atoms with E-state index in [1.54, 1.807) is 18.2 Å². The molecule has 0 spiro atoms. The van der Waals surface area contributed by atoms with Crippen LogP contribution in [0.2, 0.25) is 0 Å². The Morgan fingerprint density at radius 1 is 1.33 bits per heavy atom. The zero-order valence-electron chi connectivity index (χ0n) is 12.2. The fourth-order valence-corrected chi connectivity index (χ4v) is 1.64. The summed E-state index contributed by atoms with van der Waals surface area (Å²) in [6, 6.07) is 7.04. The van der Waals surface area contributed by atoms with E-state index in [1.165, 1.54) is 0 Å². The summed E-state index contributed by atoms with van der Waals surface area (Å²) in [6.45, 7) is 0.466. The molecule has 1 rings (SSSR count). The molecule has 0 saturated carbocycles. The van der Waals surface area contributed by atoms with E-state index in [1.807, 2.05) is 25.1 Å². The van der Waals surface area contributed by atoms with Crippen molar-refractivity contribution in [3.05, 3.63) is 24.3 Å². The van der Waals surface area contributed by atoms with Crippen molar-refractivity contribution >= 4 is 29.6 Å². The van der Waals surface area contributed by atoms with Crippen molar-refractivity contribution in [2.45, 2.75) is 6.42 Å². The quantitative estimate of drug-likeness (QED) is 0.569. The first kappa shape index (κ1) is 16.6. The molecule has 0 aromatic heterocycles. The van der Waals surface area contributed by atoms with Crippen LogP contribution in [0.3, 0.4) is 0 Å². The number of benzene rings is 1. The molecule has 0 aliphatic rings. The predicted molar refractivity (Wildman–Crippen MR) is 80.8 cm³/mol. The second-order valence-electron chi connectivity index (χ2n) is 4.65. The highest BCUT2D eigenvalue weighted by molar-refractivity contribution is 6.41. The predicted octanol–water partition coefficient (Wildman–Crippen LogP) is 0.0249. The minimum Gasteiger partial charge on any atom is -0.378 e. The first-order valence-corrected chi connectivity index (χ1v) is 6.54. The van der Waals surface area contributed by atoms with Crippen LogP contribution in [0, 0.1) is 0 Å². The fraction of sp³-hybridized carbons (Fsp3) is 0.357. The van der Waals surface area contributed by atoms with Crippen molar-refractivity contribution in [1.82, 2.24) is 4.90 Å². The molecule has 7 nitrogen and oxygen atoms in total. The van der Waals surface area contributed by atoms with Gasteiger partial charge in [-0.1, -0.05) is 6.07 Å². The third kappa shape index (κ3) is 4.88. The molecular formula is C14H20N4O3. The zero-order valence-corrected chi connectivity index (χ0v) is 12.2. The van der Waals surface area contributed by atoms with Crippen LogP contribution in [-0.2, 0) is 14.4 Å². The van der Waals surface area contributed by atoms with Gasteiger partial charge < -0.3 is 16.0 Å². The lowest BCUT2D eigenvalue weighted by atomic mass is 10.2. The van der Waals surface area contributed by atoms with E-state index in [0.29, 0.717) is 25.1 Å². The topological polar surface area (TPSA) is 95.7 Å². The molecule has 21 heavy (non-hydrogen) atoms. The van der Waals surface area contributed by atoms with Gasteiger partial charge in [0.25, 0.3) is 0 Å². The van der Waals surface area contributed by atoms with Gasteiger partial charge in [-0.2, -0.15) is 0 Å². The molecule has 1 aromatic carbocycles. The Morgan fingerprint density at radius 3 is 2.62 bits per heavy atom. The Bertz CT molecular complexity index is 517. The molecule has 7 heteroatoms. The summed E-state index contributed by atoms with van der Waals surface area (Å²) in [5, 5.41) is 2.48. The number of rotatable bonds is 6. The molecule has 0 heterocycles. The Labute approximate surface area is 123 Å². The molecule has 114 valence electrons. The van der Waals surface area contributed by atoms with Gasteiger partial charge in [-0.3, -0.25) is 19.3 Å². The van der Waals surface area contributed by atoms with Gasteiger partial charge in [0.2, 0.25) is 6.41 Å². The van der Waals surface area contributed by atoms with Crippen molar-refractivity contribution in [2.75, 3.05) is 37.4 Å². The smallest absolute Gasteiger partial charge is 0.318 e. The average molecular weight is 292 g/mol. The molecule has 0 saturated heterocycles. The van der Waals surface area contributed by atoms with Gasteiger partial charge in [0.1, 0.15) is 0 Å². The van der Waals surface area contributed by atoms with Crippen LogP contribution in [0.15, 0.2) is 24.3 Å². The molecule has 0 bridgehead atoms. The number of anilines is 2. The van der Waals surface area contributed by atoms with Crippen molar-refractivity contribution < 1.29 is 14.4 Å². The van der Waals surface area contributed by atoms with Gasteiger partial charge in [0, 0.05) is 32.0 Å². The van der Waals surface area contributed by atoms with Crippen molar-refractivity contribution in [2.24, 2.45) is 5.73 Å². The Kier molecular flexibility index (Phi) is 6.35. The number of nitrogens with zero attached hydrogens (tertiary/aromatic N) is 2. The van der Waals surface area contributed by atoms with E-state index in [4.69, 9.17) is 5.73 Å². The van der Waals surface area contributed by atoms with E-state index < -0.39 is 11.8 Å². The summed E-state index contributed by atoms with van der Waals surface area (Å²) in [5.41, 5.74) is 6.69. The van der Waals surface area contributed by atoms with Gasteiger partial charge in [0.15, 0.2) is 0 Å². The van der Waals surface area contributed by atoms with Crippen LogP contribution in [-0.4, -0.2) is 50.3 Å². The van der Waals surface area contributed by atoms with Gasteiger partial charge in [-0.15, -0.1) is 0 Å². The number of nitrogens with one attached hydrogen (secondary N) is 1. The maximum absolute atomic E-state index is 11.9. The fourth-order valence-electron chi connectivity index (χ4n) is 1.64. The van der Waals surface area contributed by atoms with Crippen molar-refractivity contribution in [3.8, 4) is 0 Å². The molecule has 0 aliphatic carbocycles. The van der Waals surface area contributed by atoms with Crippen LogP contribution in [0.4, 0.5) is 11.4 Å². The molecule has 0 fully saturated rings. The second kappa shape index (κ2) is 8.01. The highest BCUT2D eigenvalue weighted by Gasteiger charge is 2.21. The van der Waals surface area contributed by atoms with Gasteiger partial charge >= 0.3 is 11.8 Å². The van der Waals surface area contributed by atoms with E-state index in [2.05, 4.69) is 5.32 Å². The van der Waals surface area contributed by atoms with Crippen LogP contribution in [0.1, 0.15) is 6.42 Å². The summed E-state index contributed by atoms with van der Waals surface area (Å²) >= 11 is 0. The highest BCUT2D eigenvalue weighted by atomic mass is 16.2. The summed E-state index contributed by atoms with van der Waals surface area (Å²) < 4.78 is 0. The van der Waals surface area contributed by atoms with Crippen LogP contribution in [0.25, 0.3) is 0 Å². The van der Waals surface area contributed by atoms with E-state index >= 15 is 0 Å². The molecule has 0 atom stereocenters. The van der Waals surface area contributed by atoms with Crippen LogP contribution < -0.4 is 16.0 Å². The molecule has 1 aromatic rings. The maximum atomic E-state index is 11.9. The molecule has 0 unspecified atom stereocenters. The molecular weight excluding hydrogens is 272 g/mol. The minimum atomic E-state index is -0.895. The van der Waals surface area contributed by atoms with E-state index in [-0.39, 0.29) is 6.54 Å². The van der Waals surface area contributed by atoms with Crippen molar-refractivity contribution in [3.63, 3.8) is 0 Å². The average Bonchev–Trinajstić information content (AvgIpc) is 2.48. The third-order valence-electron chi connectivity index (χ3n) is 2.81.